The lowest BCUT2D eigenvalue weighted by atomic mass is 10.0. The van der Waals surface area contributed by atoms with E-state index in [1.807, 2.05) is 29.0 Å². The van der Waals surface area contributed by atoms with Gasteiger partial charge in [0.25, 0.3) is 0 Å². The molecule has 0 aliphatic rings. The minimum atomic E-state index is 0.894. The molecule has 0 radical (unpaired) electrons. The van der Waals surface area contributed by atoms with Crippen LogP contribution in [0.3, 0.4) is 0 Å². The van der Waals surface area contributed by atoms with Crippen molar-refractivity contribution in [1.29, 1.82) is 0 Å². The number of hydrogen-bond acceptors (Lipinski definition) is 4. The maximum Gasteiger partial charge on any atom is 0.115 e. The lowest BCUT2D eigenvalue weighted by molar-refractivity contribution is 1.03. The molecule has 22 heavy (non-hydrogen) atoms. The van der Waals surface area contributed by atoms with E-state index in [4.69, 9.17) is 0 Å². The quantitative estimate of drug-likeness (QED) is 0.568. The fourth-order valence-electron chi connectivity index (χ4n) is 2.62. The Morgan fingerprint density at radius 3 is 2.59 bits per heavy atom. The summed E-state index contributed by atoms with van der Waals surface area (Å²) in [6.07, 6.45) is 10.6. The smallest absolute Gasteiger partial charge is 0.115 e. The van der Waals surface area contributed by atoms with E-state index in [0.717, 1.165) is 27.8 Å². The molecule has 0 aliphatic heterocycles. The average Bonchev–Trinajstić information content (AvgIpc) is 3.00. The Kier molecular flexibility index (Phi) is 2.89. The lowest BCUT2D eigenvalue weighted by Gasteiger charge is -2.07. The Morgan fingerprint density at radius 1 is 0.909 bits per heavy atom. The van der Waals surface area contributed by atoms with Crippen LogP contribution in [0.25, 0.3) is 27.8 Å². The van der Waals surface area contributed by atoms with Crippen LogP contribution in [0.4, 0.5) is 0 Å². The van der Waals surface area contributed by atoms with E-state index in [1.54, 1.807) is 24.9 Å². The summed E-state index contributed by atoms with van der Waals surface area (Å²) in [7, 11) is 0. The summed E-state index contributed by atoms with van der Waals surface area (Å²) in [5, 5.41) is 0. The summed E-state index contributed by atoms with van der Waals surface area (Å²) in [6, 6.07) is 8.16. The van der Waals surface area contributed by atoms with E-state index >= 15 is 0 Å². The highest BCUT2D eigenvalue weighted by atomic mass is 15.1. The van der Waals surface area contributed by atoms with Gasteiger partial charge in [-0.05, 0) is 24.6 Å². The monoisotopic (exact) mass is 287 g/mol. The molecule has 0 N–H and O–H groups in total. The molecule has 4 aromatic rings. The molecule has 0 unspecified atom stereocenters. The highest BCUT2D eigenvalue weighted by molar-refractivity contribution is 5.93. The van der Waals surface area contributed by atoms with Crippen LogP contribution in [-0.2, 0) is 0 Å². The number of nitrogens with zero attached hydrogens (tertiary/aromatic N) is 5. The SMILES string of the molecule is Cc1ccncc1-c1cccc2c1ncn2-c1cncnc1. The van der Waals surface area contributed by atoms with Gasteiger partial charge >= 0.3 is 0 Å². The summed E-state index contributed by atoms with van der Waals surface area (Å²) >= 11 is 0. The number of aryl methyl sites for hydroxylation is 1. The molecule has 5 heteroatoms. The third-order valence-corrected chi connectivity index (χ3v) is 3.73. The van der Waals surface area contributed by atoms with Gasteiger partial charge in [-0.1, -0.05) is 12.1 Å². The van der Waals surface area contributed by atoms with Crippen molar-refractivity contribution in [2.75, 3.05) is 0 Å². The number of pyridine rings is 1. The molecule has 0 atom stereocenters. The van der Waals surface area contributed by atoms with Gasteiger partial charge in [-0.3, -0.25) is 9.55 Å². The van der Waals surface area contributed by atoms with Crippen molar-refractivity contribution in [2.24, 2.45) is 0 Å². The zero-order valence-electron chi connectivity index (χ0n) is 12.0. The van der Waals surface area contributed by atoms with Crippen LogP contribution in [0.5, 0.6) is 0 Å². The summed E-state index contributed by atoms with van der Waals surface area (Å²) < 4.78 is 1.99. The van der Waals surface area contributed by atoms with Crippen molar-refractivity contribution in [3.8, 4) is 16.8 Å². The fourth-order valence-corrected chi connectivity index (χ4v) is 2.62. The Labute approximate surface area is 127 Å². The van der Waals surface area contributed by atoms with Crippen molar-refractivity contribution in [2.45, 2.75) is 6.92 Å². The van der Waals surface area contributed by atoms with Gasteiger partial charge in [0.05, 0.1) is 29.1 Å². The molecule has 0 spiro atoms. The highest BCUT2D eigenvalue weighted by Crippen LogP contribution is 2.30. The third kappa shape index (κ3) is 1.95. The van der Waals surface area contributed by atoms with Gasteiger partial charge in [0.2, 0.25) is 0 Å². The predicted molar refractivity (Wildman–Crippen MR) is 84.6 cm³/mol. The zero-order chi connectivity index (χ0) is 14.9. The van der Waals surface area contributed by atoms with E-state index in [1.165, 1.54) is 11.9 Å². The number of para-hydroxylation sites is 1. The van der Waals surface area contributed by atoms with Crippen molar-refractivity contribution in [3.05, 3.63) is 67.3 Å². The van der Waals surface area contributed by atoms with Crippen molar-refractivity contribution in [3.63, 3.8) is 0 Å². The maximum absolute atomic E-state index is 4.59. The van der Waals surface area contributed by atoms with Crippen molar-refractivity contribution >= 4 is 11.0 Å². The van der Waals surface area contributed by atoms with E-state index in [9.17, 15) is 0 Å². The topological polar surface area (TPSA) is 56.5 Å². The van der Waals surface area contributed by atoms with Gasteiger partial charge in [-0.15, -0.1) is 0 Å². The van der Waals surface area contributed by atoms with E-state index < -0.39 is 0 Å². The van der Waals surface area contributed by atoms with E-state index in [0.29, 0.717) is 0 Å². The molecular weight excluding hydrogens is 274 g/mol. The van der Waals surface area contributed by atoms with Crippen LogP contribution in [0.2, 0.25) is 0 Å². The Morgan fingerprint density at radius 2 is 1.77 bits per heavy atom. The van der Waals surface area contributed by atoms with Gasteiger partial charge in [-0.25, -0.2) is 15.0 Å². The summed E-state index contributed by atoms with van der Waals surface area (Å²) in [6.45, 7) is 2.08. The normalized spacial score (nSPS) is 11.0. The molecule has 5 nitrogen and oxygen atoms in total. The average molecular weight is 287 g/mol. The Balaban J connectivity index is 1.97. The number of aromatic nitrogens is 5. The highest BCUT2D eigenvalue weighted by Gasteiger charge is 2.11. The van der Waals surface area contributed by atoms with Crippen molar-refractivity contribution in [1.82, 2.24) is 24.5 Å². The lowest BCUT2D eigenvalue weighted by Crippen LogP contribution is -1.93. The van der Waals surface area contributed by atoms with Gasteiger partial charge in [0, 0.05) is 23.5 Å². The summed E-state index contributed by atoms with van der Waals surface area (Å²) in [5.41, 5.74) is 6.23. The van der Waals surface area contributed by atoms with Crippen LogP contribution in [-0.4, -0.2) is 24.5 Å². The molecular formula is C17H13N5. The standard InChI is InChI=1S/C17H13N5/c1-12-5-6-18-9-15(12)14-3-2-4-16-17(14)21-11-22(16)13-7-19-10-20-8-13/h2-11H,1H3. The number of fused-ring (bicyclic) bond motifs is 1. The summed E-state index contributed by atoms with van der Waals surface area (Å²) in [4.78, 5) is 17.0. The number of benzene rings is 1. The predicted octanol–water partition coefficient (Wildman–Crippen LogP) is 3.19. The zero-order valence-corrected chi connectivity index (χ0v) is 12.0. The number of hydrogen-bond donors (Lipinski definition) is 0. The third-order valence-electron chi connectivity index (χ3n) is 3.73. The molecule has 0 aliphatic carbocycles. The molecule has 3 heterocycles. The van der Waals surface area contributed by atoms with E-state index in [2.05, 4.69) is 32.9 Å². The Hall–Kier alpha value is -3.08. The van der Waals surface area contributed by atoms with Gasteiger partial charge in [0.15, 0.2) is 0 Å². The van der Waals surface area contributed by atoms with Crippen molar-refractivity contribution < 1.29 is 0 Å². The minimum Gasteiger partial charge on any atom is -0.296 e. The van der Waals surface area contributed by atoms with Crippen LogP contribution >= 0.6 is 0 Å². The Bertz CT molecular complexity index is 944. The van der Waals surface area contributed by atoms with Gasteiger partial charge in [0.1, 0.15) is 12.7 Å². The molecule has 1 aromatic carbocycles. The molecule has 0 saturated heterocycles. The first-order chi connectivity index (χ1) is 10.8. The fraction of sp³-hybridized carbons (Fsp3) is 0.0588. The molecule has 0 fully saturated rings. The van der Waals surface area contributed by atoms with Gasteiger partial charge in [-0.2, -0.15) is 0 Å². The second-order valence-electron chi connectivity index (χ2n) is 5.08. The summed E-state index contributed by atoms with van der Waals surface area (Å²) in [5.74, 6) is 0. The number of imidazole rings is 1. The van der Waals surface area contributed by atoms with Crippen LogP contribution in [0.1, 0.15) is 5.56 Å². The second kappa shape index (κ2) is 5.04. The first-order valence-electron chi connectivity index (χ1n) is 6.97. The molecule has 106 valence electrons. The van der Waals surface area contributed by atoms with E-state index in [-0.39, 0.29) is 0 Å². The molecule has 0 saturated carbocycles. The molecule has 4 rings (SSSR count). The largest absolute Gasteiger partial charge is 0.296 e. The minimum absolute atomic E-state index is 0.894. The van der Waals surface area contributed by atoms with Crippen LogP contribution < -0.4 is 0 Å². The number of rotatable bonds is 2. The molecule has 3 aromatic heterocycles. The molecule has 0 amide bonds. The first-order valence-corrected chi connectivity index (χ1v) is 6.97. The molecule has 0 bridgehead atoms. The maximum atomic E-state index is 4.59. The van der Waals surface area contributed by atoms with Crippen LogP contribution in [0.15, 0.2) is 61.7 Å². The second-order valence-corrected chi connectivity index (χ2v) is 5.08. The van der Waals surface area contributed by atoms with Gasteiger partial charge < -0.3 is 0 Å². The van der Waals surface area contributed by atoms with Crippen LogP contribution in [0, 0.1) is 6.92 Å². The first kappa shape index (κ1) is 12.6.